The van der Waals surface area contributed by atoms with Crippen LogP contribution in [0.2, 0.25) is 0 Å². The van der Waals surface area contributed by atoms with E-state index < -0.39 is 0 Å². The highest BCUT2D eigenvalue weighted by Gasteiger charge is 2.47. The van der Waals surface area contributed by atoms with Gasteiger partial charge in [-0.05, 0) is 140 Å². The minimum Gasteiger partial charge on any atom is -0.486 e. The monoisotopic (exact) mass is 814 g/mol. The van der Waals surface area contributed by atoms with E-state index in [1.165, 1.54) is 98.9 Å². The lowest BCUT2D eigenvalue weighted by Crippen LogP contribution is -2.61. The summed E-state index contributed by atoms with van der Waals surface area (Å²) < 4.78 is 14.0. The van der Waals surface area contributed by atoms with Crippen molar-refractivity contribution in [3.63, 3.8) is 0 Å². The molecule has 60 heavy (non-hydrogen) atoms. The number of thiophene rings is 1. The summed E-state index contributed by atoms with van der Waals surface area (Å²) in [5.74, 6) is 1.69. The predicted molar refractivity (Wildman–Crippen MR) is 261 cm³/mol. The molecular formula is C54H63BN2O2S. The third-order valence-electron chi connectivity index (χ3n) is 13.3. The number of ether oxygens (including phenoxy) is 2. The number of anilines is 6. The molecule has 1 aromatic heterocycles. The van der Waals surface area contributed by atoms with E-state index >= 15 is 0 Å². The van der Waals surface area contributed by atoms with Crippen molar-refractivity contribution >= 4 is 78.0 Å². The van der Waals surface area contributed by atoms with Gasteiger partial charge in [-0.1, -0.05) is 119 Å². The van der Waals surface area contributed by atoms with Gasteiger partial charge in [0.1, 0.15) is 13.2 Å². The topological polar surface area (TPSA) is 24.9 Å². The Morgan fingerprint density at radius 3 is 1.67 bits per heavy atom. The van der Waals surface area contributed by atoms with E-state index in [4.69, 9.17) is 9.47 Å². The van der Waals surface area contributed by atoms with E-state index in [9.17, 15) is 0 Å². The van der Waals surface area contributed by atoms with Crippen LogP contribution >= 0.6 is 11.3 Å². The van der Waals surface area contributed by atoms with E-state index in [2.05, 4.69) is 187 Å². The van der Waals surface area contributed by atoms with Crippen LogP contribution in [0.3, 0.4) is 0 Å². The van der Waals surface area contributed by atoms with Gasteiger partial charge in [0.05, 0.1) is 16.4 Å². The molecule has 3 aliphatic heterocycles. The molecule has 0 bridgehead atoms. The second-order valence-electron chi connectivity index (χ2n) is 22.0. The Kier molecular flexibility index (Phi) is 9.10. The summed E-state index contributed by atoms with van der Waals surface area (Å²) in [4.78, 5) is 5.27. The van der Waals surface area contributed by atoms with Crippen molar-refractivity contribution in [3.8, 4) is 11.5 Å². The molecule has 0 aliphatic carbocycles. The number of aryl methyl sites for hydroxylation is 3. The standard InChI is InChI=1S/C54H63BN2O2S/c1-30-23-36(53(11,12)13)24-31(2)47(30)57-42-29-37(54(14,15)16)28-41-46(42)55(45-38-26-34(51(5,6)7)18-20-44(38)60-50(45)57)39-27-35(52(8,9)10)17-19-40(39)56(41)48-32(3)25-43-49(33(48)4)59-22-21-58-43/h17-20,23-29H,21-22H2,1-16H3. The van der Waals surface area contributed by atoms with Gasteiger partial charge in [0.15, 0.2) is 11.5 Å². The van der Waals surface area contributed by atoms with Gasteiger partial charge in [-0.2, -0.15) is 0 Å². The fraction of sp³-hybridized carbons (Fsp3) is 0.407. The highest BCUT2D eigenvalue weighted by molar-refractivity contribution is 7.26. The summed E-state index contributed by atoms with van der Waals surface area (Å²) in [6.07, 6.45) is 0. The molecule has 6 aromatic rings. The average Bonchev–Trinajstić information content (AvgIpc) is 3.53. The van der Waals surface area contributed by atoms with Crippen molar-refractivity contribution in [1.29, 1.82) is 0 Å². The van der Waals surface area contributed by atoms with Gasteiger partial charge in [-0.3, -0.25) is 0 Å². The Balaban J connectivity index is 1.48. The zero-order valence-electron chi connectivity index (χ0n) is 39.0. The number of rotatable bonds is 2. The Morgan fingerprint density at radius 2 is 1.05 bits per heavy atom. The molecule has 0 fully saturated rings. The highest BCUT2D eigenvalue weighted by Crippen LogP contribution is 2.53. The van der Waals surface area contributed by atoms with E-state index in [-0.39, 0.29) is 28.4 Å². The summed E-state index contributed by atoms with van der Waals surface area (Å²) in [6, 6.07) is 26.8. The van der Waals surface area contributed by atoms with Gasteiger partial charge in [-0.15, -0.1) is 11.3 Å². The van der Waals surface area contributed by atoms with Gasteiger partial charge in [0.2, 0.25) is 0 Å². The molecule has 0 atom stereocenters. The summed E-state index contributed by atoms with van der Waals surface area (Å²) in [6.45, 7) is 38.3. The van der Waals surface area contributed by atoms with Gasteiger partial charge < -0.3 is 19.3 Å². The second kappa shape index (κ2) is 13.4. The van der Waals surface area contributed by atoms with Crippen LogP contribution in [-0.4, -0.2) is 19.9 Å². The van der Waals surface area contributed by atoms with E-state index in [0.717, 1.165) is 17.1 Å². The number of nitrogens with zero attached hydrogens (tertiary/aromatic N) is 2. The summed E-state index contributed by atoms with van der Waals surface area (Å²) in [5.41, 5.74) is 20.5. The molecule has 0 spiro atoms. The van der Waals surface area contributed by atoms with Crippen LogP contribution in [0, 0.1) is 27.7 Å². The minimum atomic E-state index is -0.117. The number of hydrogen-bond donors (Lipinski definition) is 0. The molecule has 3 aliphatic rings. The molecule has 0 radical (unpaired) electrons. The zero-order valence-corrected chi connectivity index (χ0v) is 39.8. The summed E-state index contributed by atoms with van der Waals surface area (Å²) >= 11 is 1.96. The van der Waals surface area contributed by atoms with E-state index in [0.29, 0.717) is 13.2 Å². The van der Waals surface area contributed by atoms with Crippen molar-refractivity contribution in [2.24, 2.45) is 0 Å². The second-order valence-corrected chi connectivity index (χ2v) is 23.0. The van der Waals surface area contributed by atoms with Crippen LogP contribution in [0.5, 0.6) is 11.5 Å². The smallest absolute Gasteiger partial charge is 0.254 e. The molecule has 0 saturated heterocycles. The molecule has 9 rings (SSSR count). The van der Waals surface area contributed by atoms with Crippen molar-refractivity contribution in [3.05, 3.63) is 111 Å². The van der Waals surface area contributed by atoms with Crippen LogP contribution in [0.15, 0.2) is 66.7 Å². The van der Waals surface area contributed by atoms with Gasteiger partial charge in [-0.25, -0.2) is 0 Å². The van der Waals surface area contributed by atoms with Crippen LogP contribution in [0.4, 0.5) is 33.4 Å². The maximum atomic E-state index is 6.43. The molecule has 0 N–H and O–H groups in total. The van der Waals surface area contributed by atoms with Crippen molar-refractivity contribution in [2.75, 3.05) is 23.0 Å². The fourth-order valence-electron chi connectivity index (χ4n) is 9.94. The first kappa shape index (κ1) is 40.7. The Hall–Kier alpha value is -4.68. The van der Waals surface area contributed by atoms with Crippen molar-refractivity contribution in [1.82, 2.24) is 0 Å². The Bertz CT molecular complexity index is 2740. The largest absolute Gasteiger partial charge is 0.486 e. The predicted octanol–water partition coefficient (Wildman–Crippen LogP) is 13.2. The third-order valence-corrected chi connectivity index (χ3v) is 14.5. The molecule has 0 amide bonds. The van der Waals surface area contributed by atoms with E-state index in [1.54, 1.807) is 0 Å². The molecule has 310 valence electrons. The molecule has 0 unspecified atom stereocenters. The van der Waals surface area contributed by atoms with Crippen molar-refractivity contribution in [2.45, 2.75) is 132 Å². The van der Waals surface area contributed by atoms with Gasteiger partial charge in [0.25, 0.3) is 6.71 Å². The average molecular weight is 815 g/mol. The van der Waals surface area contributed by atoms with Crippen LogP contribution in [0.1, 0.15) is 128 Å². The lowest BCUT2D eigenvalue weighted by Gasteiger charge is -2.45. The fourth-order valence-corrected chi connectivity index (χ4v) is 11.2. The zero-order chi connectivity index (χ0) is 43.2. The molecule has 4 heterocycles. The van der Waals surface area contributed by atoms with Crippen LogP contribution < -0.4 is 35.7 Å². The maximum absolute atomic E-state index is 6.43. The molecular weight excluding hydrogens is 751 g/mol. The van der Waals surface area contributed by atoms with Crippen molar-refractivity contribution < 1.29 is 9.47 Å². The lowest BCUT2D eigenvalue weighted by molar-refractivity contribution is 0.170. The SMILES string of the molecule is Cc1cc(C(C)(C)C)cc(C)c1N1c2cc(C(C)(C)C)cc3c2B(c2cc(C(C)(C)C)ccc2N3c2c(C)cc3c(c2C)OCCO3)c2c1sc1ccc(C(C)(C)C)cc21. The third kappa shape index (κ3) is 6.29. The van der Waals surface area contributed by atoms with Crippen LogP contribution in [0.25, 0.3) is 10.1 Å². The van der Waals surface area contributed by atoms with Gasteiger partial charge in [0, 0.05) is 27.3 Å². The first-order valence-corrected chi connectivity index (χ1v) is 22.8. The maximum Gasteiger partial charge on any atom is 0.254 e. The van der Waals surface area contributed by atoms with Gasteiger partial charge >= 0.3 is 0 Å². The molecule has 4 nitrogen and oxygen atoms in total. The summed E-state index contributed by atoms with van der Waals surface area (Å²) in [5, 5.41) is 2.69. The normalized spacial score (nSPS) is 15.0. The number of benzene rings is 5. The quantitative estimate of drug-likeness (QED) is 0.162. The van der Waals surface area contributed by atoms with Crippen LogP contribution in [-0.2, 0) is 21.7 Å². The minimum absolute atomic E-state index is 0.00592. The summed E-state index contributed by atoms with van der Waals surface area (Å²) in [7, 11) is 0. The first-order valence-electron chi connectivity index (χ1n) is 22.0. The lowest BCUT2D eigenvalue weighted by atomic mass is 9.33. The number of fused-ring (bicyclic) bond motifs is 7. The van der Waals surface area contributed by atoms with E-state index in [1.807, 2.05) is 11.3 Å². The first-order chi connectivity index (χ1) is 27.9. The molecule has 5 aromatic carbocycles. The highest BCUT2D eigenvalue weighted by atomic mass is 32.1. The molecule has 0 saturated carbocycles. The Labute approximate surface area is 364 Å². The molecule has 6 heteroatoms. The number of hydrogen-bond acceptors (Lipinski definition) is 5. The Morgan fingerprint density at radius 1 is 0.517 bits per heavy atom.